The van der Waals surface area contributed by atoms with Crippen molar-refractivity contribution in [2.45, 2.75) is 20.8 Å². The van der Waals surface area contributed by atoms with Crippen LogP contribution in [0.3, 0.4) is 0 Å². The van der Waals surface area contributed by atoms with Crippen molar-refractivity contribution in [3.05, 3.63) is 76.9 Å². The summed E-state index contributed by atoms with van der Waals surface area (Å²) in [4.78, 5) is 4.76. The first-order chi connectivity index (χ1) is 13.1. The minimum atomic E-state index is 0. The smallest absolute Gasteiger partial charge is 0.290 e. The number of hydrogen-bond donors (Lipinski definition) is 0. The van der Waals surface area contributed by atoms with Gasteiger partial charge in [0.2, 0.25) is 0 Å². The van der Waals surface area contributed by atoms with Gasteiger partial charge in [0, 0.05) is 31.7 Å². The largest absolute Gasteiger partial charge is 0.304 e. The maximum Gasteiger partial charge on any atom is 0.304 e. The molecule has 0 aliphatic carbocycles. The number of para-hydroxylation sites is 1. The van der Waals surface area contributed by atoms with E-state index >= 15 is 0 Å². The van der Waals surface area contributed by atoms with Gasteiger partial charge in [-0.05, 0) is 42.7 Å². The van der Waals surface area contributed by atoms with Gasteiger partial charge < -0.3 is 0 Å². The van der Waals surface area contributed by atoms with Crippen LogP contribution in [0, 0.1) is 26.8 Å². The summed E-state index contributed by atoms with van der Waals surface area (Å²) in [6.45, 7) is 6.32. The molecule has 0 spiro atoms. The second-order valence-electron chi connectivity index (χ2n) is 6.70. The normalized spacial score (nSPS) is 11.1. The van der Waals surface area contributed by atoms with Crippen LogP contribution in [0.1, 0.15) is 16.1 Å². The number of fused-ring (bicyclic) bond motifs is 2. The van der Waals surface area contributed by atoms with E-state index in [1.54, 1.807) is 11.3 Å². The van der Waals surface area contributed by atoms with Gasteiger partial charge in [0.15, 0.2) is 5.82 Å². The number of aromatic nitrogens is 4. The number of thiazole rings is 1. The van der Waals surface area contributed by atoms with E-state index in [0.29, 0.717) is 0 Å². The first kappa shape index (κ1) is 18.9. The molecule has 0 saturated carbocycles. The molecule has 28 heavy (non-hydrogen) atoms. The van der Waals surface area contributed by atoms with Gasteiger partial charge in [-0.2, -0.15) is 0 Å². The number of aryl methyl sites for hydroxylation is 3. The Morgan fingerprint density at radius 3 is 2.57 bits per heavy atom. The SMILES string of the molecule is Cc1nc2c(-c3n[n+]4ccccc4n3-c3c(C)cccc3C)[c-]ccc2s1.[Ir]. The first-order valence-electron chi connectivity index (χ1n) is 8.88. The molecule has 5 rings (SSSR count). The standard InChI is InChI=1S/C22H18N4S.Ir/c1-14-8-6-9-15(2)21(14)26-19-12-4-5-13-25(19)24-22(26)17-10-7-11-18-20(17)23-16(3)27-18;/h4-9,11-13H,1-3H3;. The van der Waals surface area contributed by atoms with Crippen LogP contribution < -0.4 is 4.52 Å². The molecule has 0 atom stereocenters. The summed E-state index contributed by atoms with van der Waals surface area (Å²) in [5.41, 5.74) is 6.49. The molecule has 2 aromatic carbocycles. The molecule has 1 radical (unpaired) electrons. The van der Waals surface area contributed by atoms with E-state index in [1.165, 1.54) is 11.1 Å². The maximum atomic E-state index is 4.91. The van der Waals surface area contributed by atoms with Crippen molar-refractivity contribution < 1.29 is 24.6 Å². The van der Waals surface area contributed by atoms with Crippen LogP contribution >= 0.6 is 11.3 Å². The molecule has 0 aliphatic rings. The number of pyridine rings is 1. The fourth-order valence-electron chi connectivity index (χ4n) is 3.66. The molecule has 6 heteroatoms. The Morgan fingerprint density at radius 1 is 1.00 bits per heavy atom. The Hall–Kier alpha value is -2.40. The van der Waals surface area contributed by atoms with Crippen molar-refractivity contribution in [3.8, 4) is 17.1 Å². The fraction of sp³-hybridized carbons (Fsp3) is 0.136. The molecule has 0 bridgehead atoms. The number of benzene rings is 2. The summed E-state index contributed by atoms with van der Waals surface area (Å²) in [7, 11) is 0. The van der Waals surface area contributed by atoms with Crippen molar-refractivity contribution in [2.75, 3.05) is 0 Å². The van der Waals surface area contributed by atoms with Gasteiger partial charge in [0.25, 0.3) is 0 Å². The molecule has 141 valence electrons. The number of rotatable bonds is 2. The molecule has 0 N–H and O–H groups in total. The summed E-state index contributed by atoms with van der Waals surface area (Å²) in [5.74, 6) is 0.856. The Morgan fingerprint density at radius 2 is 1.79 bits per heavy atom. The molecule has 0 fully saturated rings. The van der Waals surface area contributed by atoms with Crippen LogP contribution in [0.2, 0.25) is 0 Å². The number of hydrogen-bond acceptors (Lipinski definition) is 3. The van der Waals surface area contributed by atoms with Crippen molar-refractivity contribution >= 4 is 27.2 Å². The minimum absolute atomic E-state index is 0. The summed E-state index contributed by atoms with van der Waals surface area (Å²) >= 11 is 1.70. The second-order valence-corrected chi connectivity index (χ2v) is 7.94. The van der Waals surface area contributed by atoms with Crippen LogP contribution in [-0.2, 0) is 20.1 Å². The summed E-state index contributed by atoms with van der Waals surface area (Å²) < 4.78 is 5.31. The van der Waals surface area contributed by atoms with E-state index in [1.807, 2.05) is 35.8 Å². The zero-order chi connectivity index (χ0) is 18.5. The summed E-state index contributed by atoms with van der Waals surface area (Å²) in [5, 5.41) is 5.96. The quantitative estimate of drug-likeness (QED) is 0.233. The third kappa shape index (κ3) is 2.89. The predicted molar refractivity (Wildman–Crippen MR) is 108 cm³/mol. The van der Waals surface area contributed by atoms with Gasteiger partial charge in [-0.25, -0.2) is 4.57 Å². The van der Waals surface area contributed by atoms with Crippen molar-refractivity contribution in [3.63, 3.8) is 0 Å². The fourth-order valence-corrected chi connectivity index (χ4v) is 4.49. The summed E-state index contributed by atoms with van der Waals surface area (Å²) in [6, 6.07) is 19.9. The Labute approximate surface area is 180 Å². The third-order valence-corrected chi connectivity index (χ3v) is 5.74. The van der Waals surface area contributed by atoms with E-state index in [-0.39, 0.29) is 20.1 Å². The van der Waals surface area contributed by atoms with Gasteiger partial charge in [-0.15, -0.1) is 34.1 Å². The van der Waals surface area contributed by atoms with E-state index < -0.39 is 0 Å². The molecule has 0 unspecified atom stereocenters. The molecule has 5 aromatic rings. The zero-order valence-corrected chi connectivity index (χ0v) is 18.9. The Kier molecular flexibility index (Phi) is 4.87. The first-order valence-corrected chi connectivity index (χ1v) is 9.69. The van der Waals surface area contributed by atoms with E-state index in [4.69, 9.17) is 10.1 Å². The monoisotopic (exact) mass is 563 g/mol. The van der Waals surface area contributed by atoms with Crippen LogP contribution in [-0.4, -0.2) is 14.6 Å². The Bertz CT molecular complexity index is 1300. The zero-order valence-electron chi connectivity index (χ0n) is 15.7. The van der Waals surface area contributed by atoms with Gasteiger partial charge in [0.1, 0.15) is 11.9 Å². The van der Waals surface area contributed by atoms with E-state index in [9.17, 15) is 0 Å². The molecule has 0 amide bonds. The van der Waals surface area contributed by atoms with Crippen LogP contribution in [0.15, 0.2) is 54.7 Å². The minimum Gasteiger partial charge on any atom is -0.290 e. The predicted octanol–water partition coefficient (Wildman–Crippen LogP) is 4.61. The molecule has 3 aromatic heterocycles. The topological polar surface area (TPSA) is 34.8 Å². The molecule has 0 saturated heterocycles. The molecule has 3 heterocycles. The molecule has 4 nitrogen and oxygen atoms in total. The van der Waals surface area contributed by atoms with Gasteiger partial charge in [-0.1, -0.05) is 34.9 Å². The van der Waals surface area contributed by atoms with Gasteiger partial charge in [-0.3, -0.25) is 4.98 Å². The third-order valence-electron chi connectivity index (χ3n) is 4.81. The number of nitrogens with zero attached hydrogens (tertiary/aromatic N) is 4. The average Bonchev–Trinajstić information content (AvgIpc) is 3.21. The van der Waals surface area contributed by atoms with Crippen LogP contribution in [0.4, 0.5) is 0 Å². The average molecular weight is 563 g/mol. The molecular formula is C22H18IrN4S. The van der Waals surface area contributed by atoms with Crippen molar-refractivity contribution in [2.24, 2.45) is 0 Å². The summed E-state index contributed by atoms with van der Waals surface area (Å²) in [6.07, 6.45) is 1.98. The van der Waals surface area contributed by atoms with E-state index in [0.717, 1.165) is 37.9 Å². The van der Waals surface area contributed by atoms with Crippen molar-refractivity contribution in [1.29, 1.82) is 0 Å². The van der Waals surface area contributed by atoms with Gasteiger partial charge in [0.05, 0.1) is 5.01 Å². The molecule has 0 aliphatic heterocycles. The van der Waals surface area contributed by atoms with E-state index in [2.05, 4.69) is 54.8 Å². The van der Waals surface area contributed by atoms with Crippen LogP contribution in [0.25, 0.3) is 32.9 Å². The van der Waals surface area contributed by atoms with Crippen LogP contribution in [0.5, 0.6) is 0 Å². The Balaban J connectivity index is 0.00000192. The van der Waals surface area contributed by atoms with Gasteiger partial charge >= 0.3 is 5.65 Å². The molecular weight excluding hydrogens is 545 g/mol. The second kappa shape index (κ2) is 7.21. The van der Waals surface area contributed by atoms with Crippen molar-refractivity contribution in [1.82, 2.24) is 14.6 Å². The maximum absolute atomic E-state index is 4.91.